The zero-order valence-corrected chi connectivity index (χ0v) is 12.4. The van der Waals surface area contributed by atoms with Crippen LogP contribution in [0.4, 0.5) is 5.69 Å². The maximum Gasteiger partial charge on any atom is 0.244 e. The van der Waals surface area contributed by atoms with Gasteiger partial charge in [0.05, 0.1) is 13.2 Å². The van der Waals surface area contributed by atoms with Crippen LogP contribution in [0.3, 0.4) is 0 Å². The highest BCUT2D eigenvalue weighted by molar-refractivity contribution is 5.87. The maximum atomic E-state index is 11.6. The van der Waals surface area contributed by atoms with Crippen LogP contribution < -0.4 is 10.2 Å². The predicted molar refractivity (Wildman–Crippen MR) is 85.3 cm³/mol. The Morgan fingerprint density at radius 3 is 2.62 bits per heavy atom. The van der Waals surface area contributed by atoms with E-state index >= 15 is 0 Å². The van der Waals surface area contributed by atoms with Crippen LogP contribution in [-0.4, -0.2) is 32.2 Å². The van der Waals surface area contributed by atoms with E-state index in [2.05, 4.69) is 34.5 Å². The molecule has 4 heteroatoms. The minimum absolute atomic E-state index is 0.0784. The molecular formula is C17H22N2O2. The molecule has 4 nitrogen and oxygen atoms in total. The van der Waals surface area contributed by atoms with E-state index in [1.54, 1.807) is 6.08 Å². The van der Waals surface area contributed by atoms with E-state index in [0.717, 1.165) is 31.9 Å². The number of carbonyl (C=O) groups excluding carboxylic acids is 1. The number of ether oxygens (including phenoxy) is 1. The molecule has 1 fully saturated rings. The van der Waals surface area contributed by atoms with Gasteiger partial charge in [-0.3, -0.25) is 4.79 Å². The van der Waals surface area contributed by atoms with E-state index in [1.807, 2.05) is 19.1 Å². The molecule has 0 spiro atoms. The third kappa shape index (κ3) is 5.08. The molecule has 0 aliphatic carbocycles. The van der Waals surface area contributed by atoms with Crippen molar-refractivity contribution in [2.24, 2.45) is 0 Å². The molecule has 1 N–H and O–H groups in total. The van der Waals surface area contributed by atoms with E-state index in [1.165, 1.54) is 11.8 Å². The van der Waals surface area contributed by atoms with Crippen LogP contribution in [0.1, 0.15) is 12.5 Å². The van der Waals surface area contributed by atoms with Gasteiger partial charge in [-0.15, -0.1) is 0 Å². The molecule has 1 amide bonds. The molecule has 1 aliphatic rings. The zero-order chi connectivity index (χ0) is 14.9. The number of morpholine rings is 1. The molecule has 0 bridgehead atoms. The lowest BCUT2D eigenvalue weighted by Crippen LogP contribution is -2.36. The summed E-state index contributed by atoms with van der Waals surface area (Å²) in [6, 6.07) is 8.31. The second kappa shape index (κ2) is 8.27. The number of hydrogen-bond donors (Lipinski definition) is 1. The van der Waals surface area contributed by atoms with Crippen molar-refractivity contribution in [1.82, 2.24) is 5.32 Å². The van der Waals surface area contributed by atoms with Gasteiger partial charge in [0.25, 0.3) is 0 Å². The highest BCUT2D eigenvalue weighted by atomic mass is 16.5. The third-order valence-corrected chi connectivity index (χ3v) is 3.33. The summed E-state index contributed by atoms with van der Waals surface area (Å²) in [6.07, 6.45) is 6.98. The first-order valence-electron chi connectivity index (χ1n) is 7.28. The van der Waals surface area contributed by atoms with Gasteiger partial charge in [-0.25, -0.2) is 0 Å². The fraction of sp³-hybridized carbons (Fsp3) is 0.353. The second-order valence-corrected chi connectivity index (χ2v) is 4.87. The fourth-order valence-corrected chi connectivity index (χ4v) is 2.15. The van der Waals surface area contributed by atoms with Gasteiger partial charge in [-0.1, -0.05) is 30.4 Å². The van der Waals surface area contributed by atoms with Crippen molar-refractivity contribution in [3.8, 4) is 0 Å². The van der Waals surface area contributed by atoms with Crippen molar-refractivity contribution >= 4 is 11.6 Å². The van der Waals surface area contributed by atoms with Crippen molar-refractivity contribution in [3.05, 3.63) is 54.1 Å². The first kappa shape index (κ1) is 15.3. The quantitative estimate of drug-likeness (QED) is 0.667. The Bertz CT molecular complexity index is 500. The normalized spacial score (nSPS) is 15.8. The summed E-state index contributed by atoms with van der Waals surface area (Å²) < 4.78 is 5.35. The minimum atomic E-state index is -0.0784. The smallest absolute Gasteiger partial charge is 0.244 e. The number of rotatable bonds is 5. The van der Waals surface area contributed by atoms with Crippen molar-refractivity contribution in [2.45, 2.75) is 13.5 Å². The molecule has 0 aromatic heterocycles. The molecule has 1 saturated heterocycles. The summed E-state index contributed by atoms with van der Waals surface area (Å²) >= 11 is 0. The minimum Gasteiger partial charge on any atom is -0.378 e. The monoisotopic (exact) mass is 286 g/mol. The van der Waals surface area contributed by atoms with Gasteiger partial charge < -0.3 is 15.0 Å². The van der Waals surface area contributed by atoms with E-state index in [0.29, 0.717) is 6.54 Å². The van der Waals surface area contributed by atoms with Gasteiger partial charge in [0.1, 0.15) is 0 Å². The molecular weight excluding hydrogens is 264 g/mol. The second-order valence-electron chi connectivity index (χ2n) is 4.87. The van der Waals surface area contributed by atoms with Gasteiger partial charge in [0, 0.05) is 31.4 Å². The van der Waals surface area contributed by atoms with Crippen LogP contribution in [0.5, 0.6) is 0 Å². The number of amides is 1. The summed E-state index contributed by atoms with van der Waals surface area (Å²) in [5.41, 5.74) is 2.31. The van der Waals surface area contributed by atoms with E-state index < -0.39 is 0 Å². The Labute approximate surface area is 126 Å². The molecule has 1 heterocycles. The number of nitrogens with zero attached hydrogens (tertiary/aromatic N) is 1. The zero-order valence-electron chi connectivity index (χ0n) is 12.4. The molecule has 112 valence electrons. The van der Waals surface area contributed by atoms with E-state index in [9.17, 15) is 4.79 Å². The lowest BCUT2D eigenvalue weighted by molar-refractivity contribution is -0.116. The number of benzene rings is 1. The van der Waals surface area contributed by atoms with Gasteiger partial charge in [0.15, 0.2) is 0 Å². The lowest BCUT2D eigenvalue weighted by atomic mass is 10.2. The summed E-state index contributed by atoms with van der Waals surface area (Å²) in [5, 5.41) is 2.86. The summed E-state index contributed by atoms with van der Waals surface area (Å²) in [6.45, 7) is 5.91. The SMILES string of the molecule is C/C=C/C=C\C(=O)NCc1ccc(N2CCOCC2)cc1. The summed E-state index contributed by atoms with van der Waals surface area (Å²) in [5.74, 6) is -0.0784. The van der Waals surface area contributed by atoms with Crippen molar-refractivity contribution in [2.75, 3.05) is 31.2 Å². The van der Waals surface area contributed by atoms with Crippen LogP contribution in [0, 0.1) is 0 Å². The summed E-state index contributed by atoms with van der Waals surface area (Å²) in [7, 11) is 0. The van der Waals surface area contributed by atoms with Crippen LogP contribution in [0.15, 0.2) is 48.6 Å². The predicted octanol–water partition coefficient (Wildman–Crippen LogP) is 2.27. The Morgan fingerprint density at radius 1 is 1.24 bits per heavy atom. The molecule has 1 aliphatic heterocycles. The Kier molecular flexibility index (Phi) is 6.03. The van der Waals surface area contributed by atoms with E-state index in [-0.39, 0.29) is 5.91 Å². The first-order valence-corrected chi connectivity index (χ1v) is 7.28. The first-order chi connectivity index (χ1) is 10.3. The molecule has 0 unspecified atom stereocenters. The van der Waals surface area contributed by atoms with Gasteiger partial charge in [-0.2, -0.15) is 0 Å². The van der Waals surface area contributed by atoms with Crippen molar-refractivity contribution in [3.63, 3.8) is 0 Å². The molecule has 1 aromatic carbocycles. The maximum absolute atomic E-state index is 11.6. The average Bonchev–Trinajstić information content (AvgIpc) is 2.54. The Hall–Kier alpha value is -2.07. The third-order valence-electron chi connectivity index (χ3n) is 3.33. The highest BCUT2D eigenvalue weighted by Crippen LogP contribution is 2.16. The molecule has 0 saturated carbocycles. The number of allylic oxidation sites excluding steroid dienone is 3. The number of hydrogen-bond acceptors (Lipinski definition) is 3. The molecule has 21 heavy (non-hydrogen) atoms. The molecule has 2 rings (SSSR count). The van der Waals surface area contributed by atoms with Crippen LogP contribution in [-0.2, 0) is 16.1 Å². The largest absolute Gasteiger partial charge is 0.378 e. The Morgan fingerprint density at radius 2 is 1.95 bits per heavy atom. The Balaban J connectivity index is 1.83. The molecule has 0 atom stereocenters. The lowest BCUT2D eigenvalue weighted by Gasteiger charge is -2.28. The molecule has 1 aromatic rings. The number of anilines is 1. The topological polar surface area (TPSA) is 41.6 Å². The van der Waals surface area contributed by atoms with Gasteiger partial charge >= 0.3 is 0 Å². The van der Waals surface area contributed by atoms with E-state index in [4.69, 9.17) is 4.74 Å². The van der Waals surface area contributed by atoms with Crippen LogP contribution >= 0.6 is 0 Å². The van der Waals surface area contributed by atoms with Gasteiger partial charge in [-0.05, 0) is 24.6 Å². The average molecular weight is 286 g/mol. The van der Waals surface area contributed by atoms with Gasteiger partial charge in [0.2, 0.25) is 5.91 Å². The molecule has 0 radical (unpaired) electrons. The fourth-order valence-electron chi connectivity index (χ4n) is 2.15. The van der Waals surface area contributed by atoms with Crippen LogP contribution in [0.25, 0.3) is 0 Å². The number of nitrogens with one attached hydrogen (secondary N) is 1. The summed E-state index contributed by atoms with van der Waals surface area (Å²) in [4.78, 5) is 13.9. The van der Waals surface area contributed by atoms with Crippen LogP contribution in [0.2, 0.25) is 0 Å². The van der Waals surface area contributed by atoms with Crippen molar-refractivity contribution in [1.29, 1.82) is 0 Å². The number of carbonyl (C=O) groups is 1. The highest BCUT2D eigenvalue weighted by Gasteiger charge is 2.10. The van der Waals surface area contributed by atoms with Crippen molar-refractivity contribution < 1.29 is 9.53 Å². The standard InChI is InChI=1S/C17H22N2O2/c1-2-3-4-5-17(20)18-14-15-6-8-16(9-7-15)19-10-12-21-13-11-19/h2-9H,10-14H2,1H3,(H,18,20)/b3-2+,5-4-.